The predicted molar refractivity (Wildman–Crippen MR) is 74.2 cm³/mol. The Bertz CT molecular complexity index is 301. The molecule has 2 fully saturated rings. The second-order valence-electron chi connectivity index (χ2n) is 5.76. The SMILES string of the molecule is C=CCC1([C@@H](O)COCOC)CCC2(CC1)OCCO2. The van der Waals surface area contributed by atoms with Crippen LogP contribution >= 0.6 is 0 Å². The highest BCUT2D eigenvalue weighted by molar-refractivity contribution is 4.98. The third-order valence-corrected chi connectivity index (χ3v) is 4.56. The van der Waals surface area contributed by atoms with Crippen LogP contribution in [0.4, 0.5) is 0 Å². The zero-order valence-electron chi connectivity index (χ0n) is 12.3. The van der Waals surface area contributed by atoms with Gasteiger partial charge in [0.1, 0.15) is 6.79 Å². The lowest BCUT2D eigenvalue weighted by Crippen LogP contribution is -2.46. The summed E-state index contributed by atoms with van der Waals surface area (Å²) >= 11 is 0. The molecule has 0 amide bonds. The summed E-state index contributed by atoms with van der Waals surface area (Å²) in [6.07, 6.45) is 5.50. The van der Waals surface area contributed by atoms with Crippen LogP contribution in [0.1, 0.15) is 32.1 Å². The number of methoxy groups -OCH3 is 1. The van der Waals surface area contributed by atoms with Crippen molar-refractivity contribution in [3.8, 4) is 0 Å². The van der Waals surface area contributed by atoms with Crippen molar-refractivity contribution in [1.82, 2.24) is 0 Å². The molecule has 1 aliphatic heterocycles. The normalized spacial score (nSPS) is 25.7. The van der Waals surface area contributed by atoms with Crippen LogP contribution in [0.5, 0.6) is 0 Å². The Morgan fingerprint density at radius 2 is 1.90 bits per heavy atom. The topological polar surface area (TPSA) is 57.2 Å². The van der Waals surface area contributed by atoms with E-state index < -0.39 is 11.9 Å². The summed E-state index contributed by atoms with van der Waals surface area (Å²) < 4.78 is 21.7. The van der Waals surface area contributed by atoms with E-state index in [-0.39, 0.29) is 18.8 Å². The Balaban J connectivity index is 1.94. The quantitative estimate of drug-likeness (QED) is 0.440. The van der Waals surface area contributed by atoms with E-state index in [1.807, 2.05) is 6.08 Å². The van der Waals surface area contributed by atoms with Gasteiger partial charge < -0.3 is 24.1 Å². The highest BCUT2D eigenvalue weighted by Gasteiger charge is 2.48. The Morgan fingerprint density at radius 1 is 1.25 bits per heavy atom. The van der Waals surface area contributed by atoms with Crippen molar-refractivity contribution in [2.24, 2.45) is 5.41 Å². The Kier molecular flexibility index (Phi) is 5.57. The Morgan fingerprint density at radius 3 is 2.45 bits per heavy atom. The molecule has 0 unspecified atom stereocenters. The molecule has 2 rings (SSSR count). The first-order valence-electron chi connectivity index (χ1n) is 7.30. The molecule has 1 aliphatic carbocycles. The van der Waals surface area contributed by atoms with Gasteiger partial charge in [-0.25, -0.2) is 0 Å². The number of hydrogen-bond donors (Lipinski definition) is 1. The molecule has 0 radical (unpaired) electrons. The van der Waals surface area contributed by atoms with Gasteiger partial charge in [-0.15, -0.1) is 6.58 Å². The number of rotatable bonds is 7. The highest BCUT2D eigenvalue weighted by Crippen LogP contribution is 2.48. The zero-order valence-corrected chi connectivity index (χ0v) is 12.3. The van der Waals surface area contributed by atoms with E-state index in [1.165, 1.54) is 0 Å². The molecule has 1 heterocycles. The summed E-state index contributed by atoms with van der Waals surface area (Å²) in [5, 5.41) is 10.5. The summed E-state index contributed by atoms with van der Waals surface area (Å²) in [7, 11) is 1.57. The number of ether oxygens (including phenoxy) is 4. The van der Waals surface area contributed by atoms with Gasteiger partial charge in [-0.1, -0.05) is 6.08 Å². The first-order chi connectivity index (χ1) is 9.66. The monoisotopic (exact) mass is 286 g/mol. The van der Waals surface area contributed by atoms with Crippen LogP contribution in [0.2, 0.25) is 0 Å². The average molecular weight is 286 g/mol. The first kappa shape index (κ1) is 15.9. The van der Waals surface area contributed by atoms with E-state index in [2.05, 4.69) is 6.58 Å². The fourth-order valence-corrected chi connectivity index (χ4v) is 3.30. The number of aliphatic hydroxyl groups is 1. The molecular formula is C15H26O5. The largest absolute Gasteiger partial charge is 0.390 e. The molecule has 20 heavy (non-hydrogen) atoms. The number of hydrogen-bond acceptors (Lipinski definition) is 5. The van der Waals surface area contributed by atoms with Crippen molar-refractivity contribution in [2.75, 3.05) is 33.7 Å². The molecule has 5 nitrogen and oxygen atoms in total. The second kappa shape index (κ2) is 7.00. The van der Waals surface area contributed by atoms with Crippen molar-refractivity contribution in [2.45, 2.75) is 44.0 Å². The smallest absolute Gasteiger partial charge is 0.168 e. The van der Waals surface area contributed by atoms with Crippen LogP contribution in [-0.4, -0.2) is 50.7 Å². The lowest BCUT2D eigenvalue weighted by molar-refractivity contribution is -0.205. The Labute approximate surface area is 120 Å². The standard InChI is InChI=1S/C15H26O5/c1-3-4-14(13(16)11-18-12-17-2)5-7-15(8-6-14)19-9-10-20-15/h3,13,16H,1,4-12H2,2H3/t13-/m0/s1. The molecule has 2 aliphatic rings. The molecule has 116 valence electrons. The molecule has 1 saturated carbocycles. The van der Waals surface area contributed by atoms with Gasteiger partial charge in [0.15, 0.2) is 5.79 Å². The van der Waals surface area contributed by atoms with Crippen LogP contribution in [0.15, 0.2) is 12.7 Å². The van der Waals surface area contributed by atoms with Gasteiger partial charge in [-0.05, 0) is 19.3 Å². The van der Waals surface area contributed by atoms with Crippen molar-refractivity contribution < 1.29 is 24.1 Å². The van der Waals surface area contributed by atoms with E-state index in [0.717, 1.165) is 32.1 Å². The highest BCUT2D eigenvalue weighted by atomic mass is 16.7. The van der Waals surface area contributed by atoms with Crippen molar-refractivity contribution in [1.29, 1.82) is 0 Å². The fourth-order valence-electron chi connectivity index (χ4n) is 3.30. The average Bonchev–Trinajstić information content (AvgIpc) is 2.91. The third-order valence-electron chi connectivity index (χ3n) is 4.56. The zero-order chi connectivity index (χ0) is 14.5. The van der Waals surface area contributed by atoms with Crippen LogP contribution in [0.25, 0.3) is 0 Å². The molecule has 1 atom stereocenters. The maximum Gasteiger partial charge on any atom is 0.168 e. The van der Waals surface area contributed by atoms with Gasteiger partial charge in [0, 0.05) is 25.4 Å². The predicted octanol–water partition coefficient (Wildman–Crippen LogP) is 1.85. The minimum Gasteiger partial charge on any atom is -0.390 e. The van der Waals surface area contributed by atoms with E-state index >= 15 is 0 Å². The van der Waals surface area contributed by atoms with Gasteiger partial charge in [0.05, 0.1) is 25.9 Å². The summed E-state index contributed by atoms with van der Waals surface area (Å²) in [6.45, 7) is 5.67. The van der Waals surface area contributed by atoms with Crippen molar-refractivity contribution >= 4 is 0 Å². The maximum absolute atomic E-state index is 10.5. The lowest BCUT2D eigenvalue weighted by Gasteiger charge is -2.45. The fraction of sp³-hybridized carbons (Fsp3) is 0.867. The summed E-state index contributed by atoms with van der Waals surface area (Å²) in [5.74, 6) is -0.405. The van der Waals surface area contributed by atoms with Gasteiger partial charge in [0.2, 0.25) is 0 Å². The molecule has 1 spiro atoms. The Hall–Kier alpha value is -0.460. The molecule has 5 heteroatoms. The minimum atomic E-state index is -0.519. The molecule has 0 bridgehead atoms. The summed E-state index contributed by atoms with van der Waals surface area (Å²) in [6, 6.07) is 0. The second-order valence-corrected chi connectivity index (χ2v) is 5.76. The number of allylic oxidation sites excluding steroid dienone is 1. The van der Waals surface area contributed by atoms with E-state index in [4.69, 9.17) is 18.9 Å². The van der Waals surface area contributed by atoms with Crippen LogP contribution < -0.4 is 0 Å². The summed E-state index contributed by atoms with van der Waals surface area (Å²) in [5.41, 5.74) is -0.184. The first-order valence-corrected chi connectivity index (χ1v) is 7.30. The maximum atomic E-state index is 10.5. The van der Waals surface area contributed by atoms with Crippen molar-refractivity contribution in [3.05, 3.63) is 12.7 Å². The van der Waals surface area contributed by atoms with Crippen molar-refractivity contribution in [3.63, 3.8) is 0 Å². The van der Waals surface area contributed by atoms with Gasteiger partial charge in [0.25, 0.3) is 0 Å². The van der Waals surface area contributed by atoms with E-state index in [0.29, 0.717) is 13.2 Å². The van der Waals surface area contributed by atoms with Gasteiger partial charge >= 0.3 is 0 Å². The van der Waals surface area contributed by atoms with Crippen LogP contribution in [0, 0.1) is 5.41 Å². The molecule has 0 aromatic carbocycles. The molecular weight excluding hydrogens is 260 g/mol. The minimum absolute atomic E-state index is 0.184. The van der Waals surface area contributed by atoms with Crippen LogP contribution in [0.3, 0.4) is 0 Å². The molecule has 0 aromatic rings. The lowest BCUT2D eigenvalue weighted by atomic mass is 9.66. The summed E-state index contributed by atoms with van der Waals surface area (Å²) in [4.78, 5) is 0. The van der Waals surface area contributed by atoms with Gasteiger partial charge in [-0.2, -0.15) is 0 Å². The van der Waals surface area contributed by atoms with E-state index in [9.17, 15) is 5.11 Å². The molecule has 1 N–H and O–H groups in total. The molecule has 1 saturated heterocycles. The van der Waals surface area contributed by atoms with E-state index in [1.54, 1.807) is 7.11 Å². The van der Waals surface area contributed by atoms with Crippen LogP contribution in [-0.2, 0) is 18.9 Å². The number of aliphatic hydroxyl groups excluding tert-OH is 1. The third kappa shape index (κ3) is 3.40. The molecule has 0 aromatic heterocycles. The van der Waals surface area contributed by atoms with Gasteiger partial charge in [-0.3, -0.25) is 0 Å².